The van der Waals surface area contributed by atoms with Gasteiger partial charge in [-0.15, -0.1) is 0 Å². The fourth-order valence-electron chi connectivity index (χ4n) is 1.56. The van der Waals surface area contributed by atoms with Crippen LogP contribution in [0.2, 0.25) is 0 Å². The van der Waals surface area contributed by atoms with Gasteiger partial charge in [-0.2, -0.15) is 0 Å². The van der Waals surface area contributed by atoms with Gasteiger partial charge in [0.15, 0.2) is 0 Å². The number of methoxy groups -OCH3 is 2. The predicted octanol–water partition coefficient (Wildman–Crippen LogP) is 1.51. The summed E-state index contributed by atoms with van der Waals surface area (Å²) in [4.78, 5) is 27.2. The van der Waals surface area contributed by atoms with Crippen LogP contribution in [0, 0.1) is 5.92 Å². The molecule has 1 aromatic rings. The van der Waals surface area contributed by atoms with Gasteiger partial charge in [0.05, 0.1) is 14.2 Å². The summed E-state index contributed by atoms with van der Waals surface area (Å²) >= 11 is 0. The molecule has 0 spiro atoms. The summed E-state index contributed by atoms with van der Waals surface area (Å²) in [6.07, 6.45) is 0.863. The van der Waals surface area contributed by atoms with Crippen LogP contribution in [0.5, 0.6) is 5.88 Å². The molecule has 0 aliphatic rings. The lowest BCUT2D eigenvalue weighted by Gasteiger charge is -2.19. The lowest BCUT2D eigenvalue weighted by Crippen LogP contribution is -2.45. The second kappa shape index (κ2) is 8.08. The highest BCUT2D eigenvalue weighted by Gasteiger charge is 2.25. The van der Waals surface area contributed by atoms with Crippen LogP contribution in [0.3, 0.4) is 0 Å². The topological polar surface area (TPSA) is 86.8 Å². The zero-order valence-electron chi connectivity index (χ0n) is 12.6. The van der Waals surface area contributed by atoms with E-state index in [0.717, 1.165) is 0 Å². The smallest absolute Gasteiger partial charge is 0.408 e. The second-order valence-corrected chi connectivity index (χ2v) is 4.67. The highest BCUT2D eigenvalue weighted by Crippen LogP contribution is 2.08. The lowest BCUT2D eigenvalue weighted by molar-refractivity contribution is -0.144. The van der Waals surface area contributed by atoms with Crippen LogP contribution in [0.25, 0.3) is 0 Å². The molecule has 0 aliphatic carbocycles. The van der Waals surface area contributed by atoms with E-state index in [4.69, 9.17) is 9.47 Å². The molecule has 0 radical (unpaired) electrons. The fourth-order valence-corrected chi connectivity index (χ4v) is 1.56. The molecule has 1 rings (SSSR count). The molecule has 7 nitrogen and oxygen atoms in total. The second-order valence-electron chi connectivity index (χ2n) is 4.67. The zero-order valence-corrected chi connectivity index (χ0v) is 12.6. The highest BCUT2D eigenvalue weighted by molar-refractivity contribution is 5.81. The average molecular weight is 296 g/mol. The summed E-state index contributed by atoms with van der Waals surface area (Å²) in [7, 11) is 2.79. The summed E-state index contributed by atoms with van der Waals surface area (Å²) in [5, 5.41) is 2.48. The van der Waals surface area contributed by atoms with Gasteiger partial charge in [-0.3, -0.25) is 0 Å². The van der Waals surface area contributed by atoms with Gasteiger partial charge in [0.2, 0.25) is 5.88 Å². The number of carbonyl (C=O) groups excluding carboxylic acids is 2. The number of esters is 1. The largest absolute Gasteiger partial charge is 0.481 e. The molecule has 21 heavy (non-hydrogen) atoms. The van der Waals surface area contributed by atoms with Crippen molar-refractivity contribution in [3.63, 3.8) is 0 Å². The molecule has 1 N–H and O–H groups in total. The Morgan fingerprint density at radius 2 is 2.00 bits per heavy atom. The van der Waals surface area contributed by atoms with Gasteiger partial charge >= 0.3 is 12.1 Å². The number of aromatic nitrogens is 1. The molecule has 0 unspecified atom stereocenters. The van der Waals surface area contributed by atoms with Gasteiger partial charge in [-0.05, 0) is 12.0 Å². The van der Waals surface area contributed by atoms with Crippen molar-refractivity contribution in [2.45, 2.75) is 26.5 Å². The third-order valence-electron chi connectivity index (χ3n) is 2.77. The molecule has 1 amide bonds. The van der Waals surface area contributed by atoms with Gasteiger partial charge in [0.1, 0.15) is 12.6 Å². The van der Waals surface area contributed by atoms with E-state index in [1.54, 1.807) is 32.2 Å². The van der Waals surface area contributed by atoms with Crippen molar-refractivity contribution < 1.29 is 23.8 Å². The summed E-state index contributed by atoms with van der Waals surface area (Å²) < 4.78 is 14.6. The number of rotatable bonds is 6. The van der Waals surface area contributed by atoms with E-state index in [0.29, 0.717) is 11.4 Å². The molecule has 1 aromatic heterocycles. The number of hydrogen-bond acceptors (Lipinski definition) is 6. The van der Waals surface area contributed by atoms with E-state index in [-0.39, 0.29) is 12.5 Å². The van der Waals surface area contributed by atoms with Gasteiger partial charge in [0, 0.05) is 17.8 Å². The molecule has 0 aromatic carbocycles. The number of nitrogens with one attached hydrogen (secondary N) is 1. The summed E-state index contributed by atoms with van der Waals surface area (Å²) in [6.45, 7) is 3.65. The third kappa shape index (κ3) is 5.29. The summed E-state index contributed by atoms with van der Waals surface area (Å²) in [6, 6.07) is 2.66. The van der Waals surface area contributed by atoms with E-state index in [1.165, 1.54) is 14.2 Å². The zero-order chi connectivity index (χ0) is 15.8. The van der Waals surface area contributed by atoms with Crippen LogP contribution in [0.1, 0.15) is 19.4 Å². The predicted molar refractivity (Wildman–Crippen MR) is 74.8 cm³/mol. The molecular formula is C14H20N2O5. The number of carbonyl (C=O) groups is 2. The number of nitrogens with zero attached hydrogens (tertiary/aromatic N) is 1. The molecule has 0 saturated carbocycles. The van der Waals surface area contributed by atoms with Crippen molar-refractivity contribution in [3.8, 4) is 5.88 Å². The molecule has 0 saturated heterocycles. The van der Waals surface area contributed by atoms with Gasteiger partial charge < -0.3 is 19.5 Å². The van der Waals surface area contributed by atoms with Gasteiger partial charge in [-0.1, -0.05) is 13.8 Å². The maximum Gasteiger partial charge on any atom is 0.408 e. The SMILES string of the molecule is COC(=O)[C@@H](NC(=O)OCc1ccc(OC)nc1)C(C)C. The van der Waals surface area contributed by atoms with E-state index in [2.05, 4.69) is 15.0 Å². The number of amides is 1. The van der Waals surface area contributed by atoms with Crippen molar-refractivity contribution in [1.29, 1.82) is 0 Å². The molecule has 0 bridgehead atoms. The molecular weight excluding hydrogens is 276 g/mol. The van der Waals surface area contributed by atoms with Crippen LogP contribution in [0.4, 0.5) is 4.79 Å². The Bertz CT molecular complexity index is 473. The number of alkyl carbamates (subject to hydrolysis) is 1. The maximum absolute atomic E-state index is 11.7. The van der Waals surface area contributed by atoms with E-state index >= 15 is 0 Å². The Hall–Kier alpha value is -2.31. The molecule has 1 heterocycles. The first-order chi connectivity index (χ1) is 9.97. The normalized spacial score (nSPS) is 11.7. The van der Waals surface area contributed by atoms with Crippen LogP contribution in [0.15, 0.2) is 18.3 Å². The highest BCUT2D eigenvalue weighted by atomic mass is 16.6. The first kappa shape index (κ1) is 16.7. The molecule has 116 valence electrons. The summed E-state index contributed by atoms with van der Waals surface area (Å²) in [5.74, 6) is -0.130. The Kier molecular flexibility index (Phi) is 6.45. The Labute approximate surface area is 123 Å². The van der Waals surface area contributed by atoms with Crippen LogP contribution in [-0.2, 0) is 20.9 Å². The number of hydrogen-bond donors (Lipinski definition) is 1. The number of ether oxygens (including phenoxy) is 3. The Balaban J connectivity index is 2.50. The standard InChI is InChI=1S/C14H20N2O5/c1-9(2)12(13(17)20-4)16-14(18)21-8-10-5-6-11(19-3)15-7-10/h5-7,9,12H,8H2,1-4H3,(H,16,18)/t12-/m0/s1. The van der Waals surface area contributed by atoms with E-state index < -0.39 is 18.1 Å². The Morgan fingerprint density at radius 3 is 2.48 bits per heavy atom. The van der Waals surface area contributed by atoms with Crippen molar-refractivity contribution in [1.82, 2.24) is 10.3 Å². The fraction of sp³-hybridized carbons (Fsp3) is 0.500. The van der Waals surface area contributed by atoms with Crippen molar-refractivity contribution in [2.24, 2.45) is 5.92 Å². The van der Waals surface area contributed by atoms with E-state index in [1.807, 2.05) is 0 Å². The Morgan fingerprint density at radius 1 is 1.29 bits per heavy atom. The van der Waals surface area contributed by atoms with Crippen LogP contribution < -0.4 is 10.1 Å². The van der Waals surface area contributed by atoms with Gasteiger partial charge in [0.25, 0.3) is 0 Å². The molecule has 0 aliphatic heterocycles. The third-order valence-corrected chi connectivity index (χ3v) is 2.77. The average Bonchev–Trinajstić information content (AvgIpc) is 2.50. The van der Waals surface area contributed by atoms with Crippen LogP contribution in [-0.4, -0.2) is 37.3 Å². The minimum Gasteiger partial charge on any atom is -0.481 e. The first-order valence-electron chi connectivity index (χ1n) is 6.48. The van der Waals surface area contributed by atoms with Gasteiger partial charge in [-0.25, -0.2) is 14.6 Å². The monoisotopic (exact) mass is 296 g/mol. The summed E-state index contributed by atoms with van der Waals surface area (Å²) in [5.41, 5.74) is 0.713. The van der Waals surface area contributed by atoms with Crippen LogP contribution >= 0.6 is 0 Å². The lowest BCUT2D eigenvalue weighted by atomic mass is 10.1. The molecule has 0 fully saturated rings. The van der Waals surface area contributed by atoms with Crippen molar-refractivity contribution in [3.05, 3.63) is 23.9 Å². The van der Waals surface area contributed by atoms with Crippen molar-refractivity contribution in [2.75, 3.05) is 14.2 Å². The molecule has 7 heteroatoms. The quantitative estimate of drug-likeness (QED) is 0.801. The molecule has 1 atom stereocenters. The maximum atomic E-state index is 11.7. The minimum atomic E-state index is -0.739. The first-order valence-corrected chi connectivity index (χ1v) is 6.48. The van der Waals surface area contributed by atoms with E-state index in [9.17, 15) is 9.59 Å². The van der Waals surface area contributed by atoms with Crippen molar-refractivity contribution >= 4 is 12.1 Å². The minimum absolute atomic E-state index is 0.0504. The number of pyridine rings is 1.